The monoisotopic (exact) mass is 467 g/mol. The second kappa shape index (κ2) is 7.85. The van der Waals surface area contributed by atoms with Gasteiger partial charge in [0.05, 0.1) is 21.7 Å². The summed E-state index contributed by atoms with van der Waals surface area (Å²) < 4.78 is 67.3. The summed E-state index contributed by atoms with van der Waals surface area (Å²) in [7, 11) is -2.36. The first-order valence-electron chi connectivity index (χ1n) is 9.74. The van der Waals surface area contributed by atoms with Crippen molar-refractivity contribution in [2.24, 2.45) is 7.05 Å². The standard InChI is InChI=1S/C20H20F3N5O3S/c1-13-17-10-14(12-24-18(17)26(2)25-13)19(29)27-6-8-28(9-7-27)32(30,31)16-5-3-4-15(11-16)20(21,22)23/h3-5,10-12H,6-9H2,1-2H3. The Balaban J connectivity index is 1.49. The third-order valence-electron chi connectivity index (χ3n) is 5.43. The van der Waals surface area contributed by atoms with Gasteiger partial charge in [0.1, 0.15) is 0 Å². The fourth-order valence-electron chi connectivity index (χ4n) is 3.72. The van der Waals surface area contributed by atoms with Crippen molar-refractivity contribution in [3.8, 4) is 0 Å². The summed E-state index contributed by atoms with van der Waals surface area (Å²) in [6.45, 7) is 2.00. The summed E-state index contributed by atoms with van der Waals surface area (Å²) in [4.78, 5) is 18.3. The average Bonchev–Trinajstić information content (AvgIpc) is 3.06. The Morgan fingerprint density at radius 3 is 2.44 bits per heavy atom. The lowest BCUT2D eigenvalue weighted by Crippen LogP contribution is -2.50. The number of piperazine rings is 1. The highest BCUT2D eigenvalue weighted by Gasteiger charge is 2.34. The molecule has 2 aromatic heterocycles. The molecule has 3 aromatic rings. The minimum absolute atomic E-state index is 0.0219. The molecule has 0 N–H and O–H groups in total. The lowest BCUT2D eigenvalue weighted by Gasteiger charge is -2.34. The van der Waals surface area contributed by atoms with Gasteiger partial charge in [-0.1, -0.05) is 6.07 Å². The molecule has 1 saturated heterocycles. The molecule has 0 spiro atoms. The summed E-state index contributed by atoms with van der Waals surface area (Å²) in [5.74, 6) is -0.293. The molecule has 32 heavy (non-hydrogen) atoms. The van der Waals surface area contributed by atoms with E-state index in [1.807, 2.05) is 6.92 Å². The first-order valence-corrected chi connectivity index (χ1v) is 11.2. The molecule has 170 valence electrons. The minimum Gasteiger partial charge on any atom is -0.336 e. The molecule has 0 bridgehead atoms. The van der Waals surface area contributed by atoms with Gasteiger partial charge in [-0.15, -0.1) is 0 Å². The van der Waals surface area contributed by atoms with Crippen LogP contribution in [0.3, 0.4) is 0 Å². The van der Waals surface area contributed by atoms with Crippen molar-refractivity contribution in [3.05, 3.63) is 53.3 Å². The Labute approximate surface area is 182 Å². The first kappa shape index (κ1) is 22.2. The SMILES string of the molecule is Cc1nn(C)c2ncc(C(=O)N3CCN(S(=O)(=O)c4cccc(C(F)(F)F)c4)CC3)cc12. The van der Waals surface area contributed by atoms with Gasteiger partial charge in [0, 0.05) is 44.8 Å². The highest BCUT2D eigenvalue weighted by molar-refractivity contribution is 7.89. The lowest BCUT2D eigenvalue weighted by molar-refractivity contribution is -0.137. The molecule has 0 unspecified atom stereocenters. The zero-order valence-electron chi connectivity index (χ0n) is 17.3. The van der Waals surface area contributed by atoms with Crippen LogP contribution in [0.2, 0.25) is 0 Å². The van der Waals surface area contributed by atoms with E-state index in [1.54, 1.807) is 17.8 Å². The summed E-state index contributed by atoms with van der Waals surface area (Å²) in [5.41, 5.74) is 0.724. The van der Waals surface area contributed by atoms with Gasteiger partial charge in [0.25, 0.3) is 5.91 Å². The Bertz CT molecular complexity index is 1300. The van der Waals surface area contributed by atoms with Gasteiger partial charge in [-0.05, 0) is 31.2 Å². The van der Waals surface area contributed by atoms with Gasteiger partial charge < -0.3 is 4.90 Å². The van der Waals surface area contributed by atoms with Gasteiger partial charge in [-0.3, -0.25) is 9.48 Å². The van der Waals surface area contributed by atoms with Gasteiger partial charge in [-0.2, -0.15) is 22.6 Å². The van der Waals surface area contributed by atoms with Crippen molar-refractivity contribution in [2.45, 2.75) is 18.0 Å². The van der Waals surface area contributed by atoms with Crippen LogP contribution in [-0.2, 0) is 23.2 Å². The summed E-state index contributed by atoms with van der Waals surface area (Å²) in [6.07, 6.45) is -3.18. The number of halogens is 3. The number of rotatable bonds is 3. The number of sulfonamides is 1. The van der Waals surface area contributed by atoms with Crippen LogP contribution in [0, 0.1) is 6.92 Å². The molecule has 3 heterocycles. The van der Waals surface area contributed by atoms with Crippen molar-refractivity contribution in [3.63, 3.8) is 0 Å². The van der Waals surface area contributed by atoms with E-state index in [-0.39, 0.29) is 32.1 Å². The summed E-state index contributed by atoms with van der Waals surface area (Å²) >= 11 is 0. The van der Waals surface area contributed by atoms with E-state index in [0.29, 0.717) is 17.3 Å². The van der Waals surface area contributed by atoms with Crippen molar-refractivity contribution < 1.29 is 26.4 Å². The maximum absolute atomic E-state index is 13.0. The Morgan fingerprint density at radius 2 is 1.78 bits per heavy atom. The number of alkyl halides is 3. The van der Waals surface area contributed by atoms with Crippen molar-refractivity contribution in [1.29, 1.82) is 0 Å². The predicted molar refractivity (Wildman–Crippen MR) is 109 cm³/mol. The van der Waals surface area contributed by atoms with Crippen molar-refractivity contribution >= 4 is 27.0 Å². The molecule has 4 rings (SSSR count). The predicted octanol–water partition coefficient (Wildman–Crippen LogP) is 2.44. The molecule has 8 nitrogen and oxygen atoms in total. The van der Waals surface area contributed by atoms with Crippen LogP contribution in [0.1, 0.15) is 21.6 Å². The third kappa shape index (κ3) is 3.95. The van der Waals surface area contributed by atoms with E-state index in [2.05, 4.69) is 10.1 Å². The Morgan fingerprint density at radius 1 is 1.09 bits per heavy atom. The number of nitrogens with zero attached hydrogens (tertiary/aromatic N) is 5. The zero-order valence-corrected chi connectivity index (χ0v) is 18.1. The number of fused-ring (bicyclic) bond motifs is 1. The minimum atomic E-state index is -4.64. The van der Waals surface area contributed by atoms with Gasteiger partial charge >= 0.3 is 6.18 Å². The molecule has 1 fully saturated rings. The van der Waals surface area contributed by atoms with Gasteiger partial charge in [0.2, 0.25) is 10.0 Å². The Kier molecular flexibility index (Phi) is 5.45. The average molecular weight is 467 g/mol. The van der Waals surface area contributed by atoms with Gasteiger partial charge in [-0.25, -0.2) is 13.4 Å². The second-order valence-electron chi connectivity index (χ2n) is 7.53. The molecule has 0 atom stereocenters. The molecule has 0 radical (unpaired) electrons. The number of aryl methyl sites for hydroxylation is 2. The number of carbonyl (C=O) groups excluding carboxylic acids is 1. The largest absolute Gasteiger partial charge is 0.416 e. The molecular formula is C20H20F3N5O3S. The van der Waals surface area contributed by atoms with Crippen molar-refractivity contribution in [1.82, 2.24) is 24.0 Å². The number of aromatic nitrogens is 3. The quantitative estimate of drug-likeness (QED) is 0.591. The number of hydrogen-bond acceptors (Lipinski definition) is 5. The number of carbonyl (C=O) groups is 1. The summed E-state index contributed by atoms with van der Waals surface area (Å²) in [6, 6.07) is 5.37. The normalized spacial score (nSPS) is 16.0. The zero-order chi connectivity index (χ0) is 23.3. The smallest absolute Gasteiger partial charge is 0.336 e. The molecule has 1 amide bonds. The molecule has 0 aliphatic carbocycles. The van der Waals surface area contributed by atoms with Crippen LogP contribution in [-0.4, -0.2) is 64.5 Å². The van der Waals surface area contributed by atoms with Crippen LogP contribution in [0.25, 0.3) is 11.0 Å². The van der Waals surface area contributed by atoms with E-state index < -0.39 is 26.7 Å². The van der Waals surface area contributed by atoms with Crippen LogP contribution in [0.15, 0.2) is 41.4 Å². The molecule has 12 heteroatoms. The fraction of sp³-hybridized carbons (Fsp3) is 0.350. The second-order valence-corrected chi connectivity index (χ2v) is 9.46. The highest BCUT2D eigenvalue weighted by Crippen LogP contribution is 2.31. The number of hydrogen-bond donors (Lipinski definition) is 0. The highest BCUT2D eigenvalue weighted by atomic mass is 32.2. The van der Waals surface area contributed by atoms with E-state index in [1.165, 1.54) is 11.1 Å². The lowest BCUT2D eigenvalue weighted by atomic mass is 10.2. The Hall–Kier alpha value is -2.99. The van der Waals surface area contributed by atoms with E-state index >= 15 is 0 Å². The summed E-state index contributed by atoms with van der Waals surface area (Å²) in [5, 5.41) is 5.03. The number of benzene rings is 1. The fourth-order valence-corrected chi connectivity index (χ4v) is 5.19. The van der Waals surface area contributed by atoms with Crippen molar-refractivity contribution in [2.75, 3.05) is 26.2 Å². The van der Waals surface area contributed by atoms with E-state index in [9.17, 15) is 26.4 Å². The number of amides is 1. The maximum atomic E-state index is 13.0. The van der Waals surface area contributed by atoms with Crippen LogP contribution in [0.4, 0.5) is 13.2 Å². The van der Waals surface area contributed by atoms with Crippen LogP contribution < -0.4 is 0 Å². The van der Waals surface area contributed by atoms with Crippen LogP contribution in [0.5, 0.6) is 0 Å². The van der Waals surface area contributed by atoms with Gasteiger partial charge in [0.15, 0.2) is 5.65 Å². The molecule has 0 saturated carbocycles. The maximum Gasteiger partial charge on any atom is 0.416 e. The van der Waals surface area contributed by atoms with E-state index in [0.717, 1.165) is 33.6 Å². The number of pyridine rings is 1. The molecule has 1 aliphatic rings. The molecular weight excluding hydrogens is 447 g/mol. The molecule has 1 aromatic carbocycles. The third-order valence-corrected chi connectivity index (χ3v) is 7.33. The van der Waals surface area contributed by atoms with E-state index in [4.69, 9.17) is 0 Å². The topological polar surface area (TPSA) is 88.4 Å². The first-order chi connectivity index (χ1) is 15.0. The van der Waals surface area contributed by atoms with Crippen LogP contribution >= 0.6 is 0 Å². The molecule has 1 aliphatic heterocycles.